The van der Waals surface area contributed by atoms with Crippen LogP contribution in [0.4, 0.5) is 5.69 Å². The molecule has 0 aliphatic carbocycles. The fraction of sp³-hybridized carbons (Fsp3) is 0.120. The van der Waals surface area contributed by atoms with Crippen molar-refractivity contribution in [3.63, 3.8) is 0 Å². The second kappa shape index (κ2) is 8.64. The molecular formula is C25H20N4O2. The molecule has 0 radical (unpaired) electrons. The van der Waals surface area contributed by atoms with Crippen molar-refractivity contribution in [2.24, 2.45) is 0 Å². The van der Waals surface area contributed by atoms with E-state index in [4.69, 9.17) is 10.00 Å². The minimum Gasteiger partial charge on any atom is -0.491 e. The summed E-state index contributed by atoms with van der Waals surface area (Å²) < 4.78 is 5.63. The van der Waals surface area contributed by atoms with Gasteiger partial charge in [0.1, 0.15) is 17.5 Å². The molecule has 0 atom stereocenters. The number of ether oxygens (including phenoxy) is 1. The van der Waals surface area contributed by atoms with Crippen LogP contribution in [0, 0.1) is 11.3 Å². The molecule has 1 N–H and O–H groups in total. The van der Waals surface area contributed by atoms with E-state index < -0.39 is 0 Å². The summed E-state index contributed by atoms with van der Waals surface area (Å²) in [4.78, 5) is 21.4. The van der Waals surface area contributed by atoms with Crippen LogP contribution in [-0.2, 0) is 0 Å². The van der Waals surface area contributed by atoms with Crippen LogP contribution >= 0.6 is 0 Å². The molecule has 6 nitrogen and oxygen atoms in total. The van der Waals surface area contributed by atoms with Gasteiger partial charge in [-0.3, -0.25) is 9.78 Å². The number of fused-ring (bicyclic) bond motifs is 1. The number of pyridine rings is 2. The fourth-order valence-electron chi connectivity index (χ4n) is 3.30. The molecule has 0 aliphatic heterocycles. The van der Waals surface area contributed by atoms with Crippen molar-refractivity contribution in [1.82, 2.24) is 9.97 Å². The number of hydrogen-bond donors (Lipinski definition) is 1. The zero-order valence-corrected chi connectivity index (χ0v) is 17.2. The normalized spacial score (nSPS) is 10.6. The SMILES string of the molecule is CC(C)Oc1ccc(C(=O)Nc2cccc3c(-c4ccc(C#N)nc4)ccnc23)cc1. The average Bonchev–Trinajstić information content (AvgIpc) is 2.79. The largest absolute Gasteiger partial charge is 0.491 e. The molecule has 0 saturated heterocycles. The van der Waals surface area contributed by atoms with E-state index in [0.717, 1.165) is 22.3 Å². The van der Waals surface area contributed by atoms with Gasteiger partial charge in [0.2, 0.25) is 0 Å². The Balaban J connectivity index is 1.64. The van der Waals surface area contributed by atoms with Gasteiger partial charge in [0, 0.05) is 28.9 Å². The van der Waals surface area contributed by atoms with Crippen LogP contribution in [0.15, 0.2) is 73.1 Å². The van der Waals surface area contributed by atoms with Crippen LogP contribution in [0.2, 0.25) is 0 Å². The van der Waals surface area contributed by atoms with E-state index in [0.29, 0.717) is 22.5 Å². The number of carbonyl (C=O) groups is 1. The molecule has 4 rings (SSSR count). The lowest BCUT2D eigenvalue weighted by Crippen LogP contribution is -2.12. The Labute approximate surface area is 180 Å². The predicted molar refractivity (Wildman–Crippen MR) is 120 cm³/mol. The van der Waals surface area contributed by atoms with Gasteiger partial charge >= 0.3 is 0 Å². The molecule has 0 fully saturated rings. The van der Waals surface area contributed by atoms with Crippen LogP contribution in [0.5, 0.6) is 5.75 Å². The monoisotopic (exact) mass is 408 g/mol. The van der Waals surface area contributed by atoms with Crippen molar-refractivity contribution in [3.05, 3.63) is 84.3 Å². The van der Waals surface area contributed by atoms with E-state index in [2.05, 4.69) is 15.3 Å². The Morgan fingerprint density at radius 3 is 2.52 bits per heavy atom. The topological polar surface area (TPSA) is 87.9 Å². The van der Waals surface area contributed by atoms with E-state index in [-0.39, 0.29) is 12.0 Å². The van der Waals surface area contributed by atoms with Crippen LogP contribution in [0.1, 0.15) is 29.9 Å². The second-order valence-electron chi connectivity index (χ2n) is 7.25. The number of aromatic nitrogens is 2. The fourth-order valence-corrected chi connectivity index (χ4v) is 3.30. The molecule has 0 saturated carbocycles. The molecule has 0 aliphatic rings. The molecule has 31 heavy (non-hydrogen) atoms. The van der Waals surface area contributed by atoms with Gasteiger partial charge in [0.15, 0.2) is 0 Å². The third-order valence-corrected chi connectivity index (χ3v) is 4.70. The molecule has 0 spiro atoms. The summed E-state index contributed by atoms with van der Waals surface area (Å²) in [6.45, 7) is 3.91. The Morgan fingerprint density at radius 2 is 1.84 bits per heavy atom. The number of rotatable bonds is 5. The van der Waals surface area contributed by atoms with Crippen molar-refractivity contribution in [3.8, 4) is 22.9 Å². The number of nitrogens with one attached hydrogen (secondary N) is 1. The second-order valence-corrected chi connectivity index (χ2v) is 7.25. The van der Waals surface area contributed by atoms with Crippen molar-refractivity contribution in [1.29, 1.82) is 5.26 Å². The van der Waals surface area contributed by atoms with Gasteiger partial charge in [-0.05, 0) is 67.9 Å². The molecule has 0 unspecified atom stereocenters. The zero-order valence-electron chi connectivity index (χ0n) is 17.2. The van der Waals surface area contributed by atoms with Crippen molar-refractivity contribution in [2.45, 2.75) is 20.0 Å². The molecule has 0 bridgehead atoms. The van der Waals surface area contributed by atoms with Crippen LogP contribution in [0.3, 0.4) is 0 Å². The number of hydrogen-bond acceptors (Lipinski definition) is 5. The first kappa shape index (κ1) is 20.0. The predicted octanol–water partition coefficient (Wildman–Crippen LogP) is 5.21. The van der Waals surface area contributed by atoms with Gasteiger partial charge < -0.3 is 10.1 Å². The van der Waals surface area contributed by atoms with Crippen molar-refractivity contribution in [2.75, 3.05) is 5.32 Å². The number of amides is 1. The van der Waals surface area contributed by atoms with E-state index in [1.165, 1.54) is 0 Å². The lowest BCUT2D eigenvalue weighted by Gasteiger charge is -2.12. The first-order chi connectivity index (χ1) is 15.0. The summed E-state index contributed by atoms with van der Waals surface area (Å²) in [6.07, 6.45) is 3.44. The Hall–Kier alpha value is -4.24. The quantitative estimate of drug-likeness (QED) is 0.490. The first-order valence-corrected chi connectivity index (χ1v) is 9.87. The lowest BCUT2D eigenvalue weighted by molar-refractivity contribution is 0.102. The summed E-state index contributed by atoms with van der Waals surface area (Å²) in [5.74, 6) is 0.495. The van der Waals surface area contributed by atoms with Crippen LogP contribution < -0.4 is 10.1 Å². The van der Waals surface area contributed by atoms with Gasteiger partial charge in [0.25, 0.3) is 5.91 Å². The molecule has 2 aromatic carbocycles. The molecular weight excluding hydrogens is 388 g/mol. The van der Waals surface area contributed by atoms with Crippen molar-refractivity contribution < 1.29 is 9.53 Å². The standard InChI is InChI=1S/C25H20N4O2/c1-16(2)31-20-10-7-17(8-11-20)25(30)29-23-5-3-4-22-21(12-13-27-24(22)23)18-6-9-19(14-26)28-15-18/h3-13,15-16H,1-2H3,(H,29,30). The van der Waals surface area contributed by atoms with Crippen molar-refractivity contribution >= 4 is 22.5 Å². The lowest BCUT2D eigenvalue weighted by atomic mass is 10.0. The van der Waals surface area contributed by atoms with E-state index in [9.17, 15) is 4.79 Å². The van der Waals surface area contributed by atoms with Gasteiger partial charge in [-0.2, -0.15) is 5.26 Å². The Morgan fingerprint density at radius 1 is 1.03 bits per heavy atom. The zero-order chi connectivity index (χ0) is 21.8. The minimum absolute atomic E-state index is 0.0712. The third-order valence-electron chi connectivity index (χ3n) is 4.70. The molecule has 152 valence electrons. The molecule has 1 amide bonds. The Bertz CT molecular complexity index is 1270. The van der Waals surface area contributed by atoms with E-state index in [1.54, 1.807) is 42.7 Å². The summed E-state index contributed by atoms with van der Waals surface area (Å²) in [5, 5.41) is 12.8. The number of benzene rings is 2. The van der Waals surface area contributed by atoms with Crippen LogP contribution in [0.25, 0.3) is 22.0 Å². The Kier molecular flexibility index (Phi) is 5.59. The van der Waals surface area contributed by atoms with E-state index in [1.807, 2.05) is 50.2 Å². The highest BCUT2D eigenvalue weighted by atomic mass is 16.5. The summed E-state index contributed by atoms with van der Waals surface area (Å²) in [7, 11) is 0. The maximum absolute atomic E-state index is 12.8. The highest BCUT2D eigenvalue weighted by Crippen LogP contribution is 2.31. The van der Waals surface area contributed by atoms with Gasteiger partial charge in [-0.25, -0.2) is 4.98 Å². The first-order valence-electron chi connectivity index (χ1n) is 9.87. The van der Waals surface area contributed by atoms with Gasteiger partial charge in [0.05, 0.1) is 17.3 Å². The molecule has 2 aromatic heterocycles. The maximum atomic E-state index is 12.8. The average molecular weight is 408 g/mol. The molecule has 4 aromatic rings. The number of anilines is 1. The number of para-hydroxylation sites is 1. The van der Waals surface area contributed by atoms with Gasteiger partial charge in [-0.1, -0.05) is 12.1 Å². The third kappa shape index (κ3) is 4.36. The smallest absolute Gasteiger partial charge is 0.255 e. The molecule has 6 heteroatoms. The number of nitriles is 1. The highest BCUT2D eigenvalue weighted by Gasteiger charge is 2.12. The van der Waals surface area contributed by atoms with E-state index >= 15 is 0 Å². The number of carbonyl (C=O) groups excluding carboxylic acids is 1. The highest BCUT2D eigenvalue weighted by molar-refractivity contribution is 6.10. The minimum atomic E-state index is -0.226. The van der Waals surface area contributed by atoms with Gasteiger partial charge in [-0.15, -0.1) is 0 Å². The summed E-state index contributed by atoms with van der Waals surface area (Å²) in [5.41, 5.74) is 3.98. The molecule has 2 heterocycles. The maximum Gasteiger partial charge on any atom is 0.255 e. The summed E-state index contributed by atoms with van der Waals surface area (Å²) in [6, 6.07) is 20.1. The summed E-state index contributed by atoms with van der Waals surface area (Å²) >= 11 is 0. The van der Waals surface area contributed by atoms with Crippen LogP contribution in [-0.4, -0.2) is 22.0 Å². The number of nitrogens with zero attached hydrogens (tertiary/aromatic N) is 3.